The van der Waals surface area contributed by atoms with Crippen molar-refractivity contribution in [1.82, 2.24) is 14.8 Å². The summed E-state index contributed by atoms with van der Waals surface area (Å²) in [5.41, 5.74) is 6.17. The Balaban J connectivity index is 1.62. The number of ketones is 1. The van der Waals surface area contributed by atoms with E-state index in [0.29, 0.717) is 22.5 Å². The Hall–Kier alpha value is -2.89. The number of aryl methyl sites for hydroxylation is 3. The van der Waals surface area contributed by atoms with Crippen molar-refractivity contribution < 1.29 is 4.79 Å². The number of benzene rings is 3. The number of thioether (sulfide) groups is 1. The van der Waals surface area contributed by atoms with E-state index in [0.717, 1.165) is 33.6 Å². The molecule has 4 aromatic rings. The minimum absolute atomic E-state index is 0.0953. The minimum Gasteiger partial charge on any atom is -0.298 e. The highest BCUT2D eigenvalue weighted by Crippen LogP contribution is 2.27. The second-order valence-electron chi connectivity index (χ2n) is 7.85. The van der Waals surface area contributed by atoms with E-state index in [1.165, 1.54) is 17.3 Å². The van der Waals surface area contributed by atoms with E-state index in [1.54, 1.807) is 0 Å². The second kappa shape index (κ2) is 9.72. The molecule has 6 heteroatoms. The highest BCUT2D eigenvalue weighted by molar-refractivity contribution is 7.99. The van der Waals surface area contributed by atoms with Gasteiger partial charge in [-0.2, -0.15) is 0 Å². The number of halogens is 1. The lowest BCUT2D eigenvalue weighted by Crippen LogP contribution is -2.08. The van der Waals surface area contributed by atoms with Gasteiger partial charge >= 0.3 is 0 Å². The first kappa shape index (κ1) is 22.3. The van der Waals surface area contributed by atoms with E-state index in [2.05, 4.69) is 39.9 Å². The first-order valence-corrected chi connectivity index (χ1v) is 11.8. The van der Waals surface area contributed by atoms with Crippen molar-refractivity contribution >= 4 is 29.1 Å². The van der Waals surface area contributed by atoms with Crippen LogP contribution in [-0.2, 0) is 6.54 Å². The molecular weight excluding hydrogens is 438 g/mol. The summed E-state index contributed by atoms with van der Waals surface area (Å²) in [4.78, 5) is 13.0. The third-order valence-electron chi connectivity index (χ3n) is 5.48. The van der Waals surface area contributed by atoms with E-state index in [-0.39, 0.29) is 5.78 Å². The van der Waals surface area contributed by atoms with Crippen LogP contribution in [0.15, 0.2) is 71.9 Å². The van der Waals surface area contributed by atoms with Crippen LogP contribution in [0.1, 0.15) is 32.6 Å². The van der Waals surface area contributed by atoms with Crippen molar-refractivity contribution in [1.29, 1.82) is 0 Å². The summed E-state index contributed by atoms with van der Waals surface area (Å²) in [6.45, 7) is 6.70. The Morgan fingerprint density at radius 1 is 0.906 bits per heavy atom. The zero-order valence-electron chi connectivity index (χ0n) is 18.3. The topological polar surface area (TPSA) is 47.8 Å². The summed E-state index contributed by atoms with van der Waals surface area (Å²) in [5.74, 6) is 1.15. The molecule has 0 saturated carbocycles. The van der Waals surface area contributed by atoms with Crippen molar-refractivity contribution in [3.63, 3.8) is 0 Å². The normalized spacial score (nSPS) is 11.0. The fourth-order valence-corrected chi connectivity index (χ4v) is 4.53. The van der Waals surface area contributed by atoms with Crippen LogP contribution in [0.4, 0.5) is 0 Å². The molecule has 1 heterocycles. The Kier molecular flexibility index (Phi) is 6.77. The van der Waals surface area contributed by atoms with Crippen molar-refractivity contribution in [2.45, 2.75) is 32.5 Å². The zero-order chi connectivity index (χ0) is 22.7. The van der Waals surface area contributed by atoms with E-state index in [4.69, 9.17) is 11.6 Å². The summed E-state index contributed by atoms with van der Waals surface area (Å²) in [5, 5.41) is 10.3. The van der Waals surface area contributed by atoms with Crippen LogP contribution >= 0.6 is 23.4 Å². The number of carbonyl (C=O) groups excluding carboxylic acids is 1. The summed E-state index contributed by atoms with van der Waals surface area (Å²) in [6, 6.07) is 21.8. The second-order valence-corrected chi connectivity index (χ2v) is 9.23. The van der Waals surface area contributed by atoms with Crippen molar-refractivity contribution in [3.8, 4) is 11.4 Å². The van der Waals surface area contributed by atoms with Gasteiger partial charge in [0.15, 0.2) is 16.8 Å². The maximum absolute atomic E-state index is 13.0. The monoisotopic (exact) mass is 461 g/mol. The van der Waals surface area contributed by atoms with Gasteiger partial charge in [-0.15, -0.1) is 10.2 Å². The van der Waals surface area contributed by atoms with Gasteiger partial charge < -0.3 is 0 Å². The molecule has 162 valence electrons. The molecule has 0 fully saturated rings. The minimum atomic E-state index is 0.0953. The maximum atomic E-state index is 13.0. The molecule has 0 amide bonds. The Bertz CT molecular complexity index is 1250. The van der Waals surface area contributed by atoms with Gasteiger partial charge in [-0.25, -0.2) is 0 Å². The lowest BCUT2D eigenvalue weighted by Gasteiger charge is -2.11. The summed E-state index contributed by atoms with van der Waals surface area (Å²) in [7, 11) is 0. The van der Waals surface area contributed by atoms with Crippen LogP contribution in [0, 0.1) is 20.8 Å². The molecule has 1 aromatic heterocycles. The third-order valence-corrected chi connectivity index (χ3v) is 6.69. The summed E-state index contributed by atoms with van der Waals surface area (Å²) >= 11 is 7.49. The molecule has 0 bridgehead atoms. The highest BCUT2D eigenvalue weighted by atomic mass is 35.5. The first-order chi connectivity index (χ1) is 15.4. The predicted octanol–water partition coefficient (Wildman–Crippen LogP) is 6.55. The molecule has 4 rings (SSSR count). The average Bonchev–Trinajstić information content (AvgIpc) is 3.18. The number of carbonyl (C=O) groups is 1. The van der Waals surface area contributed by atoms with E-state index >= 15 is 0 Å². The molecule has 0 aliphatic heterocycles. The van der Waals surface area contributed by atoms with Crippen LogP contribution in [0.5, 0.6) is 0 Å². The lowest BCUT2D eigenvalue weighted by molar-refractivity contribution is 0.102. The molecule has 0 radical (unpaired) electrons. The molecule has 32 heavy (non-hydrogen) atoms. The molecule has 0 saturated heterocycles. The standard InChI is InChI=1S/C26H24ClN3OS/c1-17-13-19(3)23(14-18(17)2)24(31)16-32-26-29-28-25(21-9-11-22(27)12-10-21)30(26)15-20-7-5-4-6-8-20/h4-14H,15-16H2,1-3H3. The van der Waals surface area contributed by atoms with Crippen molar-refractivity contribution in [3.05, 3.63) is 99.6 Å². The van der Waals surface area contributed by atoms with Crippen molar-refractivity contribution in [2.75, 3.05) is 5.75 Å². The maximum Gasteiger partial charge on any atom is 0.192 e. The average molecular weight is 462 g/mol. The van der Waals surface area contributed by atoms with Gasteiger partial charge in [0.2, 0.25) is 0 Å². The van der Waals surface area contributed by atoms with E-state index < -0.39 is 0 Å². The van der Waals surface area contributed by atoms with Gasteiger partial charge in [0.25, 0.3) is 0 Å². The third kappa shape index (κ3) is 4.95. The van der Waals surface area contributed by atoms with Crippen LogP contribution < -0.4 is 0 Å². The van der Waals surface area contributed by atoms with Gasteiger partial charge in [-0.3, -0.25) is 9.36 Å². The fourth-order valence-electron chi connectivity index (χ4n) is 3.59. The first-order valence-electron chi connectivity index (χ1n) is 10.4. The molecule has 0 unspecified atom stereocenters. The number of Topliss-reactive ketones (excluding diaryl/α,β-unsaturated/α-hetero) is 1. The van der Waals surface area contributed by atoms with Gasteiger partial charge in [-0.05, 0) is 73.4 Å². The predicted molar refractivity (Wildman–Crippen MR) is 132 cm³/mol. The van der Waals surface area contributed by atoms with Crippen molar-refractivity contribution in [2.24, 2.45) is 0 Å². The van der Waals surface area contributed by atoms with Gasteiger partial charge in [0.05, 0.1) is 12.3 Å². The van der Waals surface area contributed by atoms with E-state index in [9.17, 15) is 4.79 Å². The molecule has 0 aliphatic rings. The number of aromatic nitrogens is 3. The van der Waals surface area contributed by atoms with Crippen LogP contribution in [0.3, 0.4) is 0 Å². The van der Waals surface area contributed by atoms with E-state index in [1.807, 2.05) is 62.4 Å². The van der Waals surface area contributed by atoms with Gasteiger partial charge in [0, 0.05) is 16.1 Å². The summed E-state index contributed by atoms with van der Waals surface area (Å²) < 4.78 is 2.06. The highest BCUT2D eigenvalue weighted by Gasteiger charge is 2.18. The molecule has 4 nitrogen and oxygen atoms in total. The molecule has 0 spiro atoms. The smallest absolute Gasteiger partial charge is 0.192 e. The van der Waals surface area contributed by atoms with Gasteiger partial charge in [0.1, 0.15) is 0 Å². The number of hydrogen-bond donors (Lipinski definition) is 0. The Morgan fingerprint density at radius 2 is 1.59 bits per heavy atom. The Labute approximate surface area is 197 Å². The number of rotatable bonds is 7. The summed E-state index contributed by atoms with van der Waals surface area (Å²) in [6.07, 6.45) is 0. The Morgan fingerprint density at radius 3 is 2.31 bits per heavy atom. The fraction of sp³-hybridized carbons (Fsp3) is 0.192. The number of nitrogens with zero attached hydrogens (tertiary/aromatic N) is 3. The molecule has 0 atom stereocenters. The lowest BCUT2D eigenvalue weighted by atomic mass is 9.99. The molecule has 0 aliphatic carbocycles. The van der Waals surface area contributed by atoms with Crippen LogP contribution in [0.2, 0.25) is 5.02 Å². The zero-order valence-corrected chi connectivity index (χ0v) is 19.9. The number of hydrogen-bond acceptors (Lipinski definition) is 4. The van der Waals surface area contributed by atoms with Crippen LogP contribution in [0.25, 0.3) is 11.4 Å². The molecule has 3 aromatic carbocycles. The quantitative estimate of drug-likeness (QED) is 0.231. The largest absolute Gasteiger partial charge is 0.298 e. The molecule has 0 N–H and O–H groups in total. The van der Waals surface area contributed by atoms with Gasteiger partial charge in [-0.1, -0.05) is 59.8 Å². The molecular formula is C26H24ClN3OS. The SMILES string of the molecule is Cc1cc(C)c(C(=O)CSc2nnc(-c3ccc(Cl)cc3)n2Cc2ccccc2)cc1C. The van der Waals surface area contributed by atoms with Crippen LogP contribution in [-0.4, -0.2) is 26.3 Å².